The third-order valence-electron chi connectivity index (χ3n) is 3.77. The average molecular weight is 263 g/mol. The van der Waals surface area contributed by atoms with Crippen LogP contribution in [0.1, 0.15) is 69.4 Å². The van der Waals surface area contributed by atoms with Crippen molar-refractivity contribution in [1.29, 1.82) is 0 Å². The molecule has 3 N–H and O–H groups in total. The van der Waals surface area contributed by atoms with Gasteiger partial charge in [-0.25, -0.2) is 0 Å². The van der Waals surface area contributed by atoms with E-state index in [1.54, 1.807) is 0 Å². The van der Waals surface area contributed by atoms with Crippen molar-refractivity contribution in [2.75, 3.05) is 0 Å². The first-order chi connectivity index (χ1) is 8.42. The molecule has 0 fully saturated rings. The fourth-order valence-electron chi connectivity index (χ4n) is 3.43. The minimum absolute atomic E-state index is 0.0127. The van der Waals surface area contributed by atoms with E-state index >= 15 is 0 Å². The van der Waals surface area contributed by atoms with Crippen molar-refractivity contribution in [3.63, 3.8) is 0 Å². The second-order valence-corrected chi connectivity index (χ2v) is 7.53. The van der Waals surface area contributed by atoms with Crippen LogP contribution in [0, 0.1) is 13.8 Å². The van der Waals surface area contributed by atoms with Gasteiger partial charge in [-0.1, -0.05) is 41.5 Å². The highest BCUT2D eigenvalue weighted by molar-refractivity contribution is 5.58. The summed E-state index contributed by atoms with van der Waals surface area (Å²) in [5.41, 5.74) is 11.5. The summed E-state index contributed by atoms with van der Waals surface area (Å²) in [6.45, 7) is 17.6. The number of nitrogens with two attached hydrogens (primary N) is 1. The Morgan fingerprint density at radius 1 is 0.842 bits per heavy atom. The molecule has 0 bridgehead atoms. The number of phenols is 1. The molecule has 0 saturated carbocycles. The summed E-state index contributed by atoms with van der Waals surface area (Å²) in [6.07, 6.45) is 0. The molecular formula is C17H29NO. The van der Waals surface area contributed by atoms with Gasteiger partial charge < -0.3 is 10.8 Å². The van der Waals surface area contributed by atoms with Crippen LogP contribution in [0.25, 0.3) is 0 Å². The zero-order chi connectivity index (χ0) is 15.2. The molecule has 1 aromatic rings. The lowest BCUT2D eigenvalue weighted by Crippen LogP contribution is -2.24. The predicted octanol–water partition coefficient (Wildman–Crippen LogP) is 4.06. The molecule has 19 heavy (non-hydrogen) atoms. The van der Waals surface area contributed by atoms with Gasteiger partial charge in [0.1, 0.15) is 5.75 Å². The van der Waals surface area contributed by atoms with Crippen LogP contribution in [0.3, 0.4) is 0 Å². The number of rotatable bonds is 1. The monoisotopic (exact) mass is 263 g/mol. The molecule has 2 heteroatoms. The van der Waals surface area contributed by atoms with Crippen LogP contribution >= 0.6 is 0 Å². The number of phenolic OH excluding ortho intramolecular Hbond substituents is 1. The summed E-state index contributed by atoms with van der Waals surface area (Å²) in [7, 11) is 0. The SMILES string of the molecule is Cc1c(O)c(CN)c(C(C)(C)C)c(C)c1C(C)(C)C. The van der Waals surface area contributed by atoms with E-state index in [9.17, 15) is 5.11 Å². The predicted molar refractivity (Wildman–Crippen MR) is 82.9 cm³/mol. The Balaban J connectivity index is 3.88. The molecule has 108 valence electrons. The van der Waals surface area contributed by atoms with E-state index in [0.717, 1.165) is 11.1 Å². The van der Waals surface area contributed by atoms with E-state index in [4.69, 9.17) is 5.73 Å². The van der Waals surface area contributed by atoms with E-state index in [1.165, 1.54) is 16.7 Å². The van der Waals surface area contributed by atoms with E-state index < -0.39 is 0 Å². The van der Waals surface area contributed by atoms with Crippen molar-refractivity contribution in [2.24, 2.45) is 5.73 Å². The Bertz CT molecular complexity index is 488. The lowest BCUT2D eigenvalue weighted by molar-refractivity contribution is 0.450. The van der Waals surface area contributed by atoms with Crippen molar-refractivity contribution in [3.8, 4) is 5.75 Å². The van der Waals surface area contributed by atoms with Gasteiger partial charge in [0.05, 0.1) is 0 Å². The summed E-state index contributed by atoms with van der Waals surface area (Å²) in [6, 6.07) is 0. The number of aromatic hydroxyl groups is 1. The normalized spacial score (nSPS) is 12.9. The molecule has 0 spiro atoms. The maximum atomic E-state index is 10.5. The van der Waals surface area contributed by atoms with E-state index in [1.807, 2.05) is 6.92 Å². The van der Waals surface area contributed by atoms with Crippen molar-refractivity contribution < 1.29 is 5.11 Å². The topological polar surface area (TPSA) is 46.2 Å². The van der Waals surface area contributed by atoms with Gasteiger partial charge in [-0.05, 0) is 46.9 Å². The molecule has 0 atom stereocenters. The molecule has 0 aliphatic rings. The van der Waals surface area contributed by atoms with Gasteiger partial charge in [0.2, 0.25) is 0 Å². The Morgan fingerprint density at radius 3 is 1.58 bits per heavy atom. The van der Waals surface area contributed by atoms with Gasteiger partial charge in [-0.15, -0.1) is 0 Å². The lowest BCUT2D eigenvalue weighted by atomic mass is 9.72. The third kappa shape index (κ3) is 2.79. The van der Waals surface area contributed by atoms with Crippen molar-refractivity contribution >= 4 is 0 Å². The van der Waals surface area contributed by atoms with Gasteiger partial charge in [0.25, 0.3) is 0 Å². The quantitative estimate of drug-likeness (QED) is 0.802. The highest BCUT2D eigenvalue weighted by Gasteiger charge is 2.30. The van der Waals surface area contributed by atoms with Crippen molar-refractivity contribution in [3.05, 3.63) is 27.8 Å². The van der Waals surface area contributed by atoms with Gasteiger partial charge in [-0.2, -0.15) is 0 Å². The summed E-state index contributed by atoms with van der Waals surface area (Å²) in [5, 5.41) is 10.5. The van der Waals surface area contributed by atoms with Crippen LogP contribution in [0.4, 0.5) is 0 Å². The molecule has 0 unspecified atom stereocenters. The van der Waals surface area contributed by atoms with E-state index in [2.05, 4.69) is 48.5 Å². The molecule has 0 heterocycles. The maximum Gasteiger partial charge on any atom is 0.123 e. The van der Waals surface area contributed by atoms with E-state index in [-0.39, 0.29) is 10.8 Å². The Kier molecular flexibility index (Phi) is 4.07. The lowest BCUT2D eigenvalue weighted by Gasteiger charge is -2.33. The molecule has 0 aliphatic carbocycles. The highest BCUT2D eigenvalue weighted by atomic mass is 16.3. The minimum Gasteiger partial charge on any atom is -0.507 e. The standard InChI is InChI=1S/C17H29NO/c1-10-13(16(3,4)5)11(2)15(19)12(9-18)14(10)17(6,7)8/h19H,9,18H2,1-8H3. The maximum absolute atomic E-state index is 10.5. The van der Waals surface area contributed by atoms with Gasteiger partial charge >= 0.3 is 0 Å². The molecule has 0 aromatic heterocycles. The first kappa shape index (κ1) is 16.0. The molecular weight excluding hydrogens is 234 g/mol. The zero-order valence-electron chi connectivity index (χ0n) is 13.7. The summed E-state index contributed by atoms with van der Waals surface area (Å²) < 4.78 is 0. The van der Waals surface area contributed by atoms with Gasteiger partial charge in [0.15, 0.2) is 0 Å². The third-order valence-corrected chi connectivity index (χ3v) is 3.77. The van der Waals surface area contributed by atoms with Crippen LogP contribution < -0.4 is 5.73 Å². The Labute approximate surface area is 118 Å². The second kappa shape index (κ2) is 4.82. The molecule has 2 nitrogen and oxygen atoms in total. The summed E-state index contributed by atoms with van der Waals surface area (Å²) >= 11 is 0. The molecule has 0 saturated heterocycles. The van der Waals surface area contributed by atoms with Crippen molar-refractivity contribution in [2.45, 2.75) is 72.8 Å². The molecule has 0 radical (unpaired) electrons. The number of hydrogen-bond donors (Lipinski definition) is 2. The number of benzene rings is 1. The first-order valence-electron chi connectivity index (χ1n) is 6.99. The zero-order valence-corrected chi connectivity index (χ0v) is 13.7. The van der Waals surface area contributed by atoms with Crippen LogP contribution in [-0.4, -0.2) is 5.11 Å². The van der Waals surface area contributed by atoms with Crippen LogP contribution in [0.15, 0.2) is 0 Å². The van der Waals surface area contributed by atoms with Crippen LogP contribution in [-0.2, 0) is 17.4 Å². The summed E-state index contributed by atoms with van der Waals surface area (Å²) in [5.74, 6) is 0.378. The smallest absolute Gasteiger partial charge is 0.123 e. The minimum atomic E-state index is -0.0238. The van der Waals surface area contributed by atoms with Crippen molar-refractivity contribution in [1.82, 2.24) is 0 Å². The number of hydrogen-bond acceptors (Lipinski definition) is 2. The molecule has 1 aromatic carbocycles. The highest BCUT2D eigenvalue weighted by Crippen LogP contribution is 2.42. The summed E-state index contributed by atoms with van der Waals surface area (Å²) in [4.78, 5) is 0. The van der Waals surface area contributed by atoms with Gasteiger partial charge in [0, 0.05) is 12.1 Å². The fraction of sp³-hybridized carbons (Fsp3) is 0.647. The molecule has 1 rings (SSSR count). The van der Waals surface area contributed by atoms with Gasteiger partial charge in [-0.3, -0.25) is 0 Å². The second-order valence-electron chi connectivity index (χ2n) is 7.53. The Morgan fingerprint density at radius 2 is 1.26 bits per heavy atom. The van der Waals surface area contributed by atoms with E-state index in [0.29, 0.717) is 12.3 Å². The van der Waals surface area contributed by atoms with Crippen LogP contribution in [0.2, 0.25) is 0 Å². The molecule has 0 aliphatic heterocycles. The molecule has 0 amide bonds. The largest absolute Gasteiger partial charge is 0.507 e. The first-order valence-corrected chi connectivity index (χ1v) is 6.99. The Hall–Kier alpha value is -1.02. The fourth-order valence-corrected chi connectivity index (χ4v) is 3.43. The van der Waals surface area contributed by atoms with Crippen LogP contribution in [0.5, 0.6) is 5.75 Å². The average Bonchev–Trinajstić information content (AvgIpc) is 2.19.